The van der Waals surface area contributed by atoms with Gasteiger partial charge in [-0.2, -0.15) is 0 Å². The molecule has 94 valence electrons. The second-order valence-corrected chi connectivity index (χ2v) is 6.51. The van der Waals surface area contributed by atoms with Gasteiger partial charge in [-0.15, -0.1) is 0 Å². The van der Waals surface area contributed by atoms with Crippen molar-refractivity contribution in [1.82, 2.24) is 10.2 Å². The highest BCUT2D eigenvalue weighted by Gasteiger charge is 2.42. The van der Waals surface area contributed by atoms with Gasteiger partial charge in [0.15, 0.2) is 0 Å². The molecule has 0 aliphatic carbocycles. The van der Waals surface area contributed by atoms with E-state index >= 15 is 0 Å². The van der Waals surface area contributed by atoms with Crippen LogP contribution in [0.4, 0.5) is 0 Å². The molecular weight excluding hydrogens is 200 g/mol. The van der Waals surface area contributed by atoms with Crippen LogP contribution in [0.25, 0.3) is 0 Å². The van der Waals surface area contributed by atoms with Crippen LogP contribution < -0.4 is 5.32 Å². The van der Waals surface area contributed by atoms with E-state index in [9.17, 15) is 0 Å². The van der Waals surface area contributed by atoms with E-state index in [4.69, 9.17) is 4.74 Å². The standard InChI is InChI=1S/C13H26N2O/c1-12(2)9-14-13(3,16-10-12)11-6-5-7-15(4)8-11/h11,14H,5-10H2,1-4H3. The SMILES string of the molecule is CN1CCCC(C2(C)NCC(C)(C)CO2)C1. The van der Waals surface area contributed by atoms with Crippen molar-refractivity contribution in [3.05, 3.63) is 0 Å². The Morgan fingerprint density at radius 3 is 2.62 bits per heavy atom. The Kier molecular flexibility index (Phi) is 3.30. The lowest BCUT2D eigenvalue weighted by Crippen LogP contribution is -2.62. The lowest BCUT2D eigenvalue weighted by atomic mass is 9.84. The first-order valence-electron chi connectivity index (χ1n) is 6.49. The van der Waals surface area contributed by atoms with Gasteiger partial charge < -0.3 is 9.64 Å². The third-order valence-corrected chi connectivity index (χ3v) is 4.08. The van der Waals surface area contributed by atoms with Crippen LogP contribution in [0, 0.1) is 11.3 Å². The average molecular weight is 226 g/mol. The molecule has 2 fully saturated rings. The topological polar surface area (TPSA) is 24.5 Å². The van der Waals surface area contributed by atoms with E-state index in [1.165, 1.54) is 19.4 Å². The van der Waals surface area contributed by atoms with Gasteiger partial charge in [-0.1, -0.05) is 13.8 Å². The quantitative estimate of drug-likeness (QED) is 0.736. The number of hydrogen-bond donors (Lipinski definition) is 1. The van der Waals surface area contributed by atoms with Gasteiger partial charge in [0, 0.05) is 24.4 Å². The summed E-state index contributed by atoms with van der Waals surface area (Å²) in [7, 11) is 2.21. The first kappa shape index (κ1) is 12.3. The number of nitrogens with zero attached hydrogens (tertiary/aromatic N) is 1. The van der Waals surface area contributed by atoms with Crippen LogP contribution in [0.15, 0.2) is 0 Å². The van der Waals surface area contributed by atoms with Crippen molar-refractivity contribution in [1.29, 1.82) is 0 Å². The molecule has 1 N–H and O–H groups in total. The normalized spacial score (nSPS) is 40.9. The van der Waals surface area contributed by atoms with Crippen molar-refractivity contribution in [2.24, 2.45) is 11.3 Å². The van der Waals surface area contributed by atoms with Gasteiger partial charge in [0.05, 0.1) is 6.61 Å². The number of piperidine rings is 1. The molecule has 0 bridgehead atoms. The molecule has 2 heterocycles. The lowest BCUT2D eigenvalue weighted by molar-refractivity contribution is -0.165. The zero-order valence-corrected chi connectivity index (χ0v) is 11.2. The summed E-state index contributed by atoms with van der Waals surface area (Å²) in [5.74, 6) is 0.627. The molecular formula is C13H26N2O. The smallest absolute Gasteiger partial charge is 0.120 e. The van der Waals surface area contributed by atoms with E-state index in [-0.39, 0.29) is 11.1 Å². The molecule has 0 aromatic heterocycles. The van der Waals surface area contributed by atoms with Crippen molar-refractivity contribution in [2.75, 3.05) is 33.3 Å². The van der Waals surface area contributed by atoms with Crippen molar-refractivity contribution in [3.63, 3.8) is 0 Å². The minimum absolute atomic E-state index is 0.107. The Morgan fingerprint density at radius 2 is 2.06 bits per heavy atom. The van der Waals surface area contributed by atoms with Crippen LogP contribution in [-0.4, -0.2) is 43.9 Å². The minimum Gasteiger partial charge on any atom is -0.360 e. The van der Waals surface area contributed by atoms with Crippen molar-refractivity contribution in [2.45, 2.75) is 39.3 Å². The molecule has 0 aromatic rings. The summed E-state index contributed by atoms with van der Waals surface area (Å²) in [5, 5.41) is 3.63. The zero-order chi connectivity index (χ0) is 11.8. The number of ether oxygens (including phenoxy) is 1. The summed E-state index contributed by atoms with van der Waals surface area (Å²) in [4.78, 5) is 2.42. The maximum Gasteiger partial charge on any atom is 0.120 e. The average Bonchev–Trinajstić information content (AvgIpc) is 2.23. The van der Waals surface area contributed by atoms with Crippen molar-refractivity contribution in [3.8, 4) is 0 Å². The highest BCUT2D eigenvalue weighted by Crippen LogP contribution is 2.33. The van der Waals surface area contributed by atoms with Crippen LogP contribution in [0.5, 0.6) is 0 Å². The predicted molar refractivity (Wildman–Crippen MR) is 66.4 cm³/mol. The first-order chi connectivity index (χ1) is 7.41. The summed E-state index contributed by atoms with van der Waals surface area (Å²) in [6.07, 6.45) is 2.58. The zero-order valence-electron chi connectivity index (χ0n) is 11.2. The summed E-state index contributed by atoms with van der Waals surface area (Å²) < 4.78 is 6.13. The fraction of sp³-hybridized carbons (Fsp3) is 1.00. The third-order valence-electron chi connectivity index (χ3n) is 4.08. The Morgan fingerprint density at radius 1 is 1.31 bits per heavy atom. The van der Waals surface area contributed by atoms with Gasteiger partial charge in [0.2, 0.25) is 0 Å². The fourth-order valence-corrected chi connectivity index (χ4v) is 2.74. The van der Waals surface area contributed by atoms with Crippen LogP contribution in [-0.2, 0) is 4.74 Å². The van der Waals surface area contributed by atoms with Crippen LogP contribution in [0.3, 0.4) is 0 Å². The number of likely N-dealkylation sites (tertiary alicyclic amines) is 1. The molecule has 2 saturated heterocycles. The van der Waals surface area contributed by atoms with E-state index in [1.54, 1.807) is 0 Å². The summed E-state index contributed by atoms with van der Waals surface area (Å²) in [5.41, 5.74) is 0.171. The van der Waals surface area contributed by atoms with Crippen LogP contribution >= 0.6 is 0 Å². The molecule has 2 aliphatic heterocycles. The molecule has 2 atom stereocenters. The van der Waals surface area contributed by atoms with Crippen molar-refractivity contribution >= 4 is 0 Å². The van der Waals surface area contributed by atoms with Gasteiger partial charge in [-0.3, -0.25) is 5.32 Å². The summed E-state index contributed by atoms with van der Waals surface area (Å²) in [6, 6.07) is 0. The maximum atomic E-state index is 6.13. The Balaban J connectivity index is 1.97. The second kappa shape index (κ2) is 4.28. The monoisotopic (exact) mass is 226 g/mol. The summed E-state index contributed by atoms with van der Waals surface area (Å²) >= 11 is 0. The Bertz CT molecular complexity index is 242. The Hall–Kier alpha value is -0.120. The number of hydrogen-bond acceptors (Lipinski definition) is 3. The second-order valence-electron chi connectivity index (χ2n) is 6.51. The van der Waals surface area contributed by atoms with Crippen LogP contribution in [0.1, 0.15) is 33.6 Å². The van der Waals surface area contributed by atoms with Crippen LogP contribution in [0.2, 0.25) is 0 Å². The molecule has 16 heavy (non-hydrogen) atoms. The maximum absolute atomic E-state index is 6.13. The summed E-state index contributed by atoms with van der Waals surface area (Å²) in [6.45, 7) is 11.1. The van der Waals surface area contributed by atoms with E-state index in [1.807, 2.05) is 0 Å². The van der Waals surface area contributed by atoms with E-state index < -0.39 is 0 Å². The molecule has 0 saturated carbocycles. The van der Waals surface area contributed by atoms with Crippen molar-refractivity contribution < 1.29 is 4.74 Å². The molecule has 0 aromatic carbocycles. The molecule has 2 aliphatic rings. The van der Waals surface area contributed by atoms with Gasteiger partial charge in [-0.25, -0.2) is 0 Å². The molecule has 2 unspecified atom stereocenters. The van der Waals surface area contributed by atoms with Gasteiger partial charge >= 0.3 is 0 Å². The molecule has 0 radical (unpaired) electrons. The van der Waals surface area contributed by atoms with Gasteiger partial charge in [-0.05, 0) is 33.4 Å². The van der Waals surface area contributed by atoms with E-state index in [0.29, 0.717) is 5.92 Å². The molecule has 2 rings (SSSR count). The minimum atomic E-state index is -0.107. The van der Waals surface area contributed by atoms with Gasteiger partial charge in [0.25, 0.3) is 0 Å². The predicted octanol–water partition coefficient (Wildman–Crippen LogP) is 1.69. The molecule has 0 spiro atoms. The molecule has 0 amide bonds. The number of nitrogens with one attached hydrogen (secondary N) is 1. The lowest BCUT2D eigenvalue weighted by Gasteiger charge is -2.48. The first-order valence-corrected chi connectivity index (χ1v) is 6.49. The van der Waals surface area contributed by atoms with E-state index in [0.717, 1.165) is 19.7 Å². The molecule has 3 nitrogen and oxygen atoms in total. The highest BCUT2D eigenvalue weighted by atomic mass is 16.5. The Labute approximate surface area is 99.5 Å². The van der Waals surface area contributed by atoms with Gasteiger partial charge in [0.1, 0.15) is 5.72 Å². The highest BCUT2D eigenvalue weighted by molar-refractivity contribution is 4.91. The fourth-order valence-electron chi connectivity index (χ4n) is 2.74. The number of rotatable bonds is 1. The largest absolute Gasteiger partial charge is 0.360 e. The third kappa shape index (κ3) is 2.58. The van der Waals surface area contributed by atoms with E-state index in [2.05, 4.69) is 38.0 Å². The molecule has 3 heteroatoms.